The molecule has 0 bridgehead atoms. The van der Waals surface area contributed by atoms with Crippen molar-refractivity contribution in [1.82, 2.24) is 26.6 Å². The summed E-state index contributed by atoms with van der Waals surface area (Å²) in [5, 5.41) is 94.4. The maximum Gasteiger partial charge on any atom is 1.00 e. The molecule has 2 fully saturated rings. The van der Waals surface area contributed by atoms with Crippen molar-refractivity contribution in [2.75, 3.05) is 38.2 Å². The number of carboxylic acids is 1. The van der Waals surface area contributed by atoms with E-state index in [0.717, 1.165) is 36.1 Å². The van der Waals surface area contributed by atoms with E-state index in [2.05, 4.69) is 31.9 Å². The average Bonchev–Trinajstić information content (AvgIpc) is 0.779. The van der Waals surface area contributed by atoms with Crippen LogP contribution in [-0.2, 0) is 63.7 Å². The number of aliphatic hydroxyl groups is 6. The number of carbonyl (C=O) groups is 9. The van der Waals surface area contributed by atoms with Crippen LogP contribution in [0, 0.1) is 0 Å². The van der Waals surface area contributed by atoms with Gasteiger partial charge in [0.05, 0.1) is 42.3 Å². The Morgan fingerprint density at radius 1 is 0.561 bits per heavy atom. The summed E-state index contributed by atoms with van der Waals surface area (Å²) in [6.07, 6.45) is -14.1. The maximum atomic E-state index is 13.0. The van der Waals surface area contributed by atoms with Gasteiger partial charge in [-0.3, -0.25) is 38.4 Å². The summed E-state index contributed by atoms with van der Waals surface area (Å²) in [4.78, 5) is 127. The number of nitrogens with one attached hydrogen (secondary N) is 6. The normalized spacial score (nSPS) is 21.4. The van der Waals surface area contributed by atoms with E-state index in [1.54, 1.807) is 72.8 Å². The molecule has 98 heavy (non-hydrogen) atoms. The standard InChI is InChI=1S/C68H79N6O21.2Na.H2O/c1-40(76)72-58-52(80)33-67(39-75,94-62(58)60(86)54(82)35-70-64(88)47-25-21-45(22-26-47)43-12-5-3-6-13-43)92-38-57(85)69-31-11-17-50(78)32-42-19-29-49(30-20-42)74-56(84)18-10-9-16-51(79)37-93-68(66(90)91)34-53(81)59(73-41(2)77)63(95-68)61(87)55(83)36-71-65(89)48-27-23-46(24-28-48)44-14-7-4-8-15-44;;;/h3-8,12-15,19-30,52-55,58-63,80-83,86-87H,9-11,16-18,31-38H2,1-2H3,(H,69,85)(H,70,88)(H,71,89)(H,72,76)(H,73,77)(H,74,84)(H,90,91);;;1H2/q-1;2*+1;/p-2/t52-,53-,54+,55+,58+,59+,60+,61+,62+,63+,67+,68+;;;/m0.../s1. The molecule has 0 aliphatic carbocycles. The molecule has 28 nitrogen and oxygen atoms in total. The third-order valence-corrected chi connectivity index (χ3v) is 15.9. The van der Waals surface area contributed by atoms with Gasteiger partial charge in [0.15, 0.2) is 5.78 Å². The summed E-state index contributed by atoms with van der Waals surface area (Å²) < 4.78 is 22.4. The first-order valence-electron chi connectivity index (χ1n) is 30.8. The molecule has 0 spiro atoms. The van der Waals surface area contributed by atoms with E-state index < -0.39 is 159 Å². The number of ether oxygens (including phenoxy) is 4. The summed E-state index contributed by atoms with van der Waals surface area (Å²) in [7, 11) is 0. The predicted molar refractivity (Wildman–Crippen MR) is 338 cm³/mol. The van der Waals surface area contributed by atoms with E-state index in [4.69, 9.17) is 18.9 Å². The molecule has 5 aromatic carbocycles. The zero-order chi connectivity index (χ0) is 68.8. The number of carboxylic acid groups (broad SMARTS) is 1. The Hall–Kier alpha value is -7.04. The molecule has 2 saturated heterocycles. The molecule has 0 saturated carbocycles. The topological polar surface area (TPSA) is 454 Å². The fourth-order valence-electron chi connectivity index (χ4n) is 10.8. The molecule has 7 rings (SSSR count). The van der Waals surface area contributed by atoms with Crippen molar-refractivity contribution < 1.29 is 167 Å². The van der Waals surface area contributed by atoms with Crippen molar-refractivity contribution in [3.8, 4) is 22.3 Å². The molecule has 12 atom stereocenters. The Balaban J connectivity index is 0.00000680. The van der Waals surface area contributed by atoms with E-state index in [9.17, 15) is 83.7 Å². The Labute approximate surface area is 609 Å². The maximum absolute atomic E-state index is 13.0. The number of hydrogen-bond acceptors (Lipinski definition) is 22. The molecule has 0 radical (unpaired) electrons. The van der Waals surface area contributed by atoms with Gasteiger partial charge in [0.1, 0.15) is 49.4 Å². The van der Waals surface area contributed by atoms with Gasteiger partial charge < -0.3 is 102 Å². The SMILES string of the molecule is CC(=O)N[C@H]1[C@H]([C@H](O)[C@H](O)CNC(=O)c2ccc(-c3ccccc3)cc2)O[C@]([C-]=O)(OCC(=O)NCCCC(=O)Cc2ccc(NC(=O)CCCCC(=O)CO[C@]3(C(=O)[O-])C[C@H](O)[C@@H](NC(C)=O)[C@H]([C@H](O)[C@H](O)CNC(=O)c4ccc(-c5ccccc5)cc4)O3)cc2)C[C@@H]1O.[Na+].[Na+].[OH-]. The molecular formula is C68H79N6Na2O22-. The summed E-state index contributed by atoms with van der Waals surface area (Å²) >= 11 is 0. The second-order valence-electron chi connectivity index (χ2n) is 23.2. The smallest absolute Gasteiger partial charge is 0.870 e. The molecule has 516 valence electrons. The van der Waals surface area contributed by atoms with Crippen LogP contribution in [0.5, 0.6) is 0 Å². The number of amides is 6. The van der Waals surface area contributed by atoms with Gasteiger partial charge in [-0.1, -0.05) is 97.1 Å². The Bertz CT molecular complexity index is 3450. The molecular weight excluding hydrogens is 1300 g/mol. The molecule has 2 aliphatic heterocycles. The quantitative estimate of drug-likeness (QED) is 0.0104. The van der Waals surface area contributed by atoms with Crippen LogP contribution in [0.2, 0.25) is 0 Å². The monoisotopic (exact) mass is 1380 g/mol. The fourth-order valence-corrected chi connectivity index (χ4v) is 10.8. The van der Waals surface area contributed by atoms with Gasteiger partial charge in [0, 0.05) is 88.8 Å². The van der Waals surface area contributed by atoms with E-state index in [0.29, 0.717) is 11.3 Å². The fraction of sp³-hybridized carbons (Fsp3) is 0.412. The molecule has 2 aliphatic rings. The van der Waals surface area contributed by atoms with Crippen LogP contribution in [0.1, 0.15) is 91.5 Å². The van der Waals surface area contributed by atoms with Crippen LogP contribution in [-0.4, -0.2) is 201 Å². The van der Waals surface area contributed by atoms with Crippen LogP contribution in [0.15, 0.2) is 133 Å². The van der Waals surface area contributed by atoms with Crippen molar-refractivity contribution in [2.24, 2.45) is 0 Å². The minimum atomic E-state index is -2.84. The number of anilines is 1. The molecule has 13 N–H and O–H groups in total. The van der Waals surface area contributed by atoms with Gasteiger partial charge in [0.25, 0.3) is 11.8 Å². The summed E-state index contributed by atoms with van der Waals surface area (Å²) in [6, 6.07) is 35.6. The van der Waals surface area contributed by atoms with Crippen molar-refractivity contribution >= 4 is 65.0 Å². The van der Waals surface area contributed by atoms with E-state index in [1.165, 1.54) is 6.29 Å². The molecule has 0 aromatic heterocycles. The Morgan fingerprint density at radius 2 is 1.02 bits per heavy atom. The molecule has 30 heteroatoms. The van der Waals surface area contributed by atoms with Crippen molar-refractivity contribution in [2.45, 2.75) is 144 Å². The van der Waals surface area contributed by atoms with E-state index in [-0.39, 0.29) is 133 Å². The van der Waals surface area contributed by atoms with Crippen molar-refractivity contribution in [3.63, 3.8) is 0 Å². The zero-order valence-electron chi connectivity index (χ0n) is 54.6. The number of Topliss-reactive ketones (excluding diaryl/α,β-unsaturated/α-hetero) is 2. The summed E-state index contributed by atoms with van der Waals surface area (Å²) in [5.74, 6) is -11.8. The van der Waals surface area contributed by atoms with Gasteiger partial charge in [-0.2, -0.15) is 0 Å². The predicted octanol–water partition coefficient (Wildman–Crippen LogP) is -6.17. The number of rotatable bonds is 34. The van der Waals surface area contributed by atoms with Crippen LogP contribution < -0.4 is 96.1 Å². The number of hydrogen-bond donors (Lipinski definition) is 12. The van der Waals surface area contributed by atoms with Gasteiger partial charge in [-0.05, 0) is 83.5 Å². The average molecular weight is 1380 g/mol. The van der Waals surface area contributed by atoms with Crippen LogP contribution in [0.3, 0.4) is 0 Å². The minimum absolute atomic E-state index is 0. The Morgan fingerprint density at radius 3 is 1.50 bits per heavy atom. The molecule has 2 heterocycles. The first kappa shape index (κ1) is 83.4. The number of benzene rings is 5. The minimum Gasteiger partial charge on any atom is -0.870 e. The van der Waals surface area contributed by atoms with Crippen molar-refractivity contribution in [3.05, 3.63) is 150 Å². The van der Waals surface area contributed by atoms with Crippen molar-refractivity contribution in [1.29, 1.82) is 0 Å². The van der Waals surface area contributed by atoms with Gasteiger partial charge in [-0.25, -0.2) is 6.29 Å². The summed E-state index contributed by atoms with van der Waals surface area (Å²) in [5.41, 5.74) is 5.07. The Kier molecular flexibility index (Phi) is 34.3. The first-order chi connectivity index (χ1) is 45.4. The second kappa shape index (κ2) is 40.3. The number of ketones is 2. The molecule has 6 amide bonds. The van der Waals surface area contributed by atoms with E-state index in [1.807, 2.05) is 60.7 Å². The first-order valence-corrected chi connectivity index (χ1v) is 30.8. The molecule has 5 aromatic rings. The zero-order valence-corrected chi connectivity index (χ0v) is 58.6. The van der Waals surface area contributed by atoms with Gasteiger partial charge in [0.2, 0.25) is 29.4 Å². The third kappa shape index (κ3) is 24.4. The number of unbranched alkanes of at least 4 members (excludes halogenated alkanes) is 1. The number of aliphatic hydroxyl groups excluding tert-OH is 6. The van der Waals surface area contributed by atoms with Gasteiger partial charge >= 0.3 is 59.1 Å². The third-order valence-electron chi connectivity index (χ3n) is 15.9. The van der Waals surface area contributed by atoms with Gasteiger partial charge in [-0.15, -0.1) is 0 Å². The van der Waals surface area contributed by atoms with E-state index >= 15 is 0 Å². The summed E-state index contributed by atoms with van der Waals surface area (Å²) in [6.45, 7) is -0.558. The van der Waals surface area contributed by atoms with Crippen LogP contribution in [0.25, 0.3) is 22.3 Å². The number of carbonyl (C=O) groups excluding carboxylic acids is 10. The van der Waals surface area contributed by atoms with Crippen LogP contribution in [0.4, 0.5) is 5.69 Å². The largest absolute Gasteiger partial charge is 1.00 e. The second-order valence-corrected chi connectivity index (χ2v) is 23.2. The number of aliphatic carboxylic acids is 1. The molecule has 0 unspecified atom stereocenters. The van der Waals surface area contributed by atoms with Crippen LogP contribution >= 0.6 is 0 Å².